The van der Waals surface area contributed by atoms with Gasteiger partial charge < -0.3 is 14.2 Å². The molecule has 152 valence electrons. The van der Waals surface area contributed by atoms with Gasteiger partial charge >= 0.3 is 0 Å². The lowest BCUT2D eigenvalue weighted by molar-refractivity contribution is -0.133. The van der Waals surface area contributed by atoms with E-state index in [0.717, 1.165) is 52.2 Å². The van der Waals surface area contributed by atoms with E-state index in [-0.39, 0.29) is 24.6 Å². The fraction of sp³-hybridized carbons (Fsp3) is 0.600. The normalized spacial score (nSPS) is 19.6. The number of amides is 1. The number of alkyl halides is 2. The number of halogens is 2. The predicted octanol–water partition coefficient (Wildman–Crippen LogP) is 2.69. The molecule has 0 radical (unpaired) electrons. The molecule has 0 atom stereocenters. The summed E-state index contributed by atoms with van der Waals surface area (Å²) in [6, 6.07) is 5.47. The highest BCUT2D eigenvalue weighted by Crippen LogP contribution is 2.27. The van der Waals surface area contributed by atoms with E-state index in [1.54, 1.807) is 18.3 Å². The largest absolute Gasteiger partial charge is 0.379 e. The molecule has 0 unspecified atom stereocenters. The van der Waals surface area contributed by atoms with E-state index in [4.69, 9.17) is 4.74 Å². The first-order valence-electron chi connectivity index (χ1n) is 9.95. The van der Waals surface area contributed by atoms with Gasteiger partial charge in [0, 0.05) is 56.8 Å². The number of likely N-dealkylation sites (tertiary alicyclic amines) is 1. The lowest BCUT2D eigenvalue weighted by Gasteiger charge is -2.40. The van der Waals surface area contributed by atoms with Gasteiger partial charge in [0.05, 0.1) is 18.9 Å². The number of pyridine rings is 1. The zero-order chi connectivity index (χ0) is 19.5. The molecule has 4 rings (SSSR count). The number of aryl methyl sites for hydroxylation is 1. The van der Waals surface area contributed by atoms with E-state index in [1.165, 1.54) is 10.6 Å². The van der Waals surface area contributed by atoms with Crippen LogP contribution in [0.5, 0.6) is 0 Å². The van der Waals surface area contributed by atoms with Crippen LogP contribution in [0.2, 0.25) is 0 Å². The minimum atomic E-state index is -2.59. The van der Waals surface area contributed by atoms with Gasteiger partial charge in [0.25, 0.3) is 6.43 Å². The van der Waals surface area contributed by atoms with Gasteiger partial charge in [-0.3, -0.25) is 9.69 Å². The summed E-state index contributed by atoms with van der Waals surface area (Å²) in [6.07, 6.45) is 1.13. The van der Waals surface area contributed by atoms with E-state index in [9.17, 15) is 13.6 Å². The molecule has 0 aliphatic carbocycles. The number of carbonyl (C=O) groups is 1. The van der Waals surface area contributed by atoms with Gasteiger partial charge in [-0.2, -0.15) is 0 Å². The van der Waals surface area contributed by atoms with Crippen LogP contribution in [0.25, 0.3) is 11.0 Å². The van der Waals surface area contributed by atoms with Crippen molar-refractivity contribution in [3.05, 3.63) is 30.1 Å². The summed E-state index contributed by atoms with van der Waals surface area (Å²) in [5.41, 5.74) is 0.434. The minimum absolute atomic E-state index is 0.0263. The van der Waals surface area contributed by atoms with Crippen LogP contribution in [-0.4, -0.2) is 70.7 Å². The highest BCUT2D eigenvalue weighted by Gasteiger charge is 2.28. The van der Waals surface area contributed by atoms with Gasteiger partial charge in [0.1, 0.15) is 5.65 Å². The Morgan fingerprint density at radius 3 is 2.68 bits per heavy atom. The average Bonchev–Trinajstić information content (AvgIpc) is 3.12. The maximum absolute atomic E-state index is 13.4. The Bertz CT molecular complexity index is 812. The maximum Gasteiger partial charge on any atom is 0.278 e. The zero-order valence-corrected chi connectivity index (χ0v) is 15.9. The Morgan fingerprint density at radius 1 is 1.21 bits per heavy atom. The monoisotopic (exact) mass is 392 g/mol. The Labute approximate surface area is 163 Å². The van der Waals surface area contributed by atoms with Crippen molar-refractivity contribution in [2.24, 2.45) is 0 Å². The number of nitrogens with zero attached hydrogens (tertiary/aromatic N) is 4. The smallest absolute Gasteiger partial charge is 0.278 e. The first-order chi connectivity index (χ1) is 13.6. The molecule has 2 saturated heterocycles. The molecule has 4 heterocycles. The third-order valence-electron chi connectivity index (χ3n) is 5.84. The van der Waals surface area contributed by atoms with E-state index >= 15 is 0 Å². The van der Waals surface area contributed by atoms with Gasteiger partial charge in [-0.1, -0.05) is 0 Å². The van der Waals surface area contributed by atoms with E-state index in [0.29, 0.717) is 17.1 Å². The number of fused-ring (bicyclic) bond motifs is 1. The number of hydrogen-bond donors (Lipinski definition) is 0. The third kappa shape index (κ3) is 4.03. The molecular weight excluding hydrogens is 366 g/mol. The predicted molar refractivity (Wildman–Crippen MR) is 101 cm³/mol. The molecule has 0 N–H and O–H groups in total. The Kier molecular flexibility index (Phi) is 5.87. The van der Waals surface area contributed by atoms with Crippen molar-refractivity contribution in [1.29, 1.82) is 0 Å². The summed E-state index contributed by atoms with van der Waals surface area (Å²) >= 11 is 0. The number of ether oxygens (including phenoxy) is 1. The first-order valence-corrected chi connectivity index (χ1v) is 9.95. The van der Waals surface area contributed by atoms with Crippen molar-refractivity contribution in [2.45, 2.75) is 38.3 Å². The molecule has 28 heavy (non-hydrogen) atoms. The fourth-order valence-electron chi connectivity index (χ4n) is 4.31. The molecule has 0 bridgehead atoms. The molecule has 2 fully saturated rings. The van der Waals surface area contributed by atoms with Crippen LogP contribution in [0.1, 0.15) is 31.4 Å². The summed E-state index contributed by atoms with van der Waals surface area (Å²) in [7, 11) is 0. The van der Waals surface area contributed by atoms with Gasteiger partial charge in [0.2, 0.25) is 5.91 Å². The summed E-state index contributed by atoms with van der Waals surface area (Å²) < 4.78 is 33.7. The van der Waals surface area contributed by atoms with E-state index < -0.39 is 6.43 Å². The average molecular weight is 392 g/mol. The van der Waals surface area contributed by atoms with Crippen LogP contribution >= 0.6 is 0 Å². The van der Waals surface area contributed by atoms with E-state index in [1.807, 2.05) is 4.90 Å². The van der Waals surface area contributed by atoms with Crippen molar-refractivity contribution in [3.8, 4) is 0 Å². The minimum Gasteiger partial charge on any atom is -0.379 e. The Balaban J connectivity index is 1.35. The number of rotatable bonds is 5. The topological polar surface area (TPSA) is 50.6 Å². The highest BCUT2D eigenvalue weighted by molar-refractivity contribution is 5.79. The number of carbonyl (C=O) groups excluding carboxylic acids is 1. The SMILES string of the molecule is O=C(CCn1c(C(F)F)cc2cccnc21)N1CCC(N2CCOCC2)CC1. The number of piperidine rings is 1. The van der Waals surface area contributed by atoms with Crippen molar-refractivity contribution < 1.29 is 18.3 Å². The van der Waals surface area contributed by atoms with Crippen LogP contribution < -0.4 is 0 Å². The zero-order valence-electron chi connectivity index (χ0n) is 15.9. The lowest BCUT2D eigenvalue weighted by atomic mass is 10.0. The van der Waals surface area contributed by atoms with Crippen molar-refractivity contribution in [3.63, 3.8) is 0 Å². The number of hydrogen-bond acceptors (Lipinski definition) is 4. The molecule has 2 aromatic rings. The summed E-state index contributed by atoms with van der Waals surface area (Å²) in [5, 5.41) is 0.677. The second-order valence-corrected chi connectivity index (χ2v) is 7.45. The number of aromatic nitrogens is 2. The molecular formula is C20H26F2N4O2. The lowest BCUT2D eigenvalue weighted by Crippen LogP contribution is -2.50. The second-order valence-electron chi connectivity index (χ2n) is 7.45. The van der Waals surface area contributed by atoms with Gasteiger partial charge in [-0.25, -0.2) is 13.8 Å². The van der Waals surface area contributed by atoms with Crippen LogP contribution in [0.3, 0.4) is 0 Å². The first kappa shape index (κ1) is 19.3. The molecule has 2 aliphatic heterocycles. The van der Waals surface area contributed by atoms with Crippen LogP contribution in [0.4, 0.5) is 8.78 Å². The van der Waals surface area contributed by atoms with Gasteiger partial charge in [-0.15, -0.1) is 0 Å². The quantitative estimate of drug-likeness (QED) is 0.785. The van der Waals surface area contributed by atoms with Crippen LogP contribution in [-0.2, 0) is 16.1 Å². The molecule has 2 aliphatic rings. The second kappa shape index (κ2) is 8.53. The Hall–Kier alpha value is -2.06. The fourth-order valence-corrected chi connectivity index (χ4v) is 4.31. The standard InChI is InChI=1S/C20H26F2N4O2/c21-19(22)17-14-15-2-1-6-23-20(15)26(17)9-5-18(27)25-7-3-16(4-8-25)24-10-12-28-13-11-24/h1-2,6,14,16,19H,3-5,7-13H2. The summed E-state index contributed by atoms with van der Waals surface area (Å²) in [4.78, 5) is 21.2. The summed E-state index contributed by atoms with van der Waals surface area (Å²) in [6.45, 7) is 5.17. The molecule has 0 aromatic carbocycles. The van der Waals surface area contributed by atoms with Gasteiger partial charge in [0.15, 0.2) is 0 Å². The number of morpholine rings is 1. The van der Waals surface area contributed by atoms with Crippen molar-refractivity contribution in [2.75, 3.05) is 39.4 Å². The molecule has 6 nitrogen and oxygen atoms in total. The van der Waals surface area contributed by atoms with E-state index in [2.05, 4.69) is 9.88 Å². The molecule has 8 heteroatoms. The van der Waals surface area contributed by atoms with Crippen LogP contribution in [0, 0.1) is 0 Å². The van der Waals surface area contributed by atoms with Crippen molar-refractivity contribution in [1.82, 2.24) is 19.4 Å². The third-order valence-corrected chi connectivity index (χ3v) is 5.84. The highest BCUT2D eigenvalue weighted by atomic mass is 19.3. The molecule has 1 amide bonds. The molecule has 0 saturated carbocycles. The summed E-state index contributed by atoms with van der Waals surface area (Å²) in [5.74, 6) is 0.0263. The maximum atomic E-state index is 13.4. The van der Waals surface area contributed by atoms with Gasteiger partial charge in [-0.05, 0) is 31.0 Å². The molecule has 2 aromatic heterocycles. The Morgan fingerprint density at radius 2 is 1.96 bits per heavy atom. The van der Waals surface area contributed by atoms with Crippen molar-refractivity contribution >= 4 is 16.9 Å². The molecule has 0 spiro atoms. The van der Waals surface area contributed by atoms with Crippen LogP contribution in [0.15, 0.2) is 24.4 Å².